The number of furan rings is 1. The van der Waals surface area contributed by atoms with Gasteiger partial charge in [-0.3, -0.25) is 0 Å². The number of carbonyl (C=O) groups is 1. The molecular formula is C21H29FN6O2. The maximum atomic E-state index is 13.4. The number of fused-ring (bicyclic) bond motifs is 1. The third-order valence-corrected chi connectivity index (χ3v) is 3.97. The van der Waals surface area contributed by atoms with Crippen LogP contribution in [-0.4, -0.2) is 36.1 Å². The van der Waals surface area contributed by atoms with Crippen LogP contribution in [0.5, 0.6) is 0 Å². The minimum atomic E-state index is -0.416. The predicted molar refractivity (Wildman–Crippen MR) is 117 cm³/mol. The molecule has 0 unspecified atom stereocenters. The summed E-state index contributed by atoms with van der Waals surface area (Å²) in [6, 6.07) is 3.92. The Labute approximate surface area is 175 Å². The number of nitrogens with one attached hydrogen (secondary N) is 4. The SMILES string of the molecule is CCC.CNCCNc1ncc(NC(=O)NCc2oc3ccc(F)cc3c2C)cn1. The van der Waals surface area contributed by atoms with Gasteiger partial charge >= 0.3 is 6.03 Å². The van der Waals surface area contributed by atoms with Crippen LogP contribution in [0, 0.1) is 12.7 Å². The standard InChI is InChI=1S/C18H21FN6O2.C3H8/c1-11-14-7-12(19)3-4-15(14)27-16(11)10-24-18(26)25-13-8-22-17(23-9-13)21-6-5-20-2;1-3-2/h3-4,7-9,20H,5-6,10H2,1-2H3,(H,21,22,23)(H2,24,25,26);3H2,1-2H3. The Balaban J connectivity index is 0.00000101. The molecule has 0 saturated carbocycles. The first kappa shape index (κ1) is 23.1. The van der Waals surface area contributed by atoms with E-state index in [0.717, 1.165) is 12.1 Å². The fourth-order valence-electron chi connectivity index (χ4n) is 2.53. The highest BCUT2D eigenvalue weighted by molar-refractivity contribution is 5.89. The summed E-state index contributed by atoms with van der Waals surface area (Å²) in [5.74, 6) is 0.736. The molecule has 9 heteroatoms. The molecule has 4 N–H and O–H groups in total. The molecule has 0 radical (unpaired) electrons. The van der Waals surface area contributed by atoms with Gasteiger partial charge in [-0.15, -0.1) is 0 Å². The van der Waals surface area contributed by atoms with Crippen molar-refractivity contribution in [3.63, 3.8) is 0 Å². The summed E-state index contributed by atoms with van der Waals surface area (Å²) in [6.07, 6.45) is 4.28. The van der Waals surface area contributed by atoms with Crippen LogP contribution in [0.4, 0.5) is 20.8 Å². The molecule has 8 nitrogen and oxygen atoms in total. The van der Waals surface area contributed by atoms with Crippen LogP contribution < -0.4 is 21.3 Å². The molecule has 0 aliphatic rings. The van der Waals surface area contributed by atoms with Crippen LogP contribution in [-0.2, 0) is 6.54 Å². The van der Waals surface area contributed by atoms with Crippen molar-refractivity contribution in [3.05, 3.63) is 47.7 Å². The summed E-state index contributed by atoms with van der Waals surface area (Å²) in [7, 11) is 1.86. The van der Waals surface area contributed by atoms with Gasteiger partial charge in [0.15, 0.2) is 0 Å². The molecule has 3 aromatic rings. The van der Waals surface area contributed by atoms with E-state index < -0.39 is 6.03 Å². The number of hydrogen-bond acceptors (Lipinski definition) is 6. The van der Waals surface area contributed by atoms with E-state index in [2.05, 4.69) is 45.1 Å². The van der Waals surface area contributed by atoms with Gasteiger partial charge in [-0.1, -0.05) is 20.3 Å². The molecule has 0 fully saturated rings. The van der Waals surface area contributed by atoms with Crippen LogP contribution in [0.2, 0.25) is 0 Å². The topological polar surface area (TPSA) is 104 Å². The number of benzene rings is 1. The monoisotopic (exact) mass is 416 g/mol. The molecule has 0 aliphatic carbocycles. The number of carbonyl (C=O) groups excluding carboxylic acids is 1. The molecule has 2 amide bonds. The summed E-state index contributed by atoms with van der Waals surface area (Å²) < 4.78 is 19.0. The van der Waals surface area contributed by atoms with Crippen molar-refractivity contribution >= 4 is 28.6 Å². The van der Waals surface area contributed by atoms with Crippen molar-refractivity contribution in [2.45, 2.75) is 33.7 Å². The molecule has 0 aliphatic heterocycles. The Morgan fingerprint density at radius 1 is 1.17 bits per heavy atom. The zero-order chi connectivity index (χ0) is 21.9. The lowest BCUT2D eigenvalue weighted by Gasteiger charge is -2.08. The van der Waals surface area contributed by atoms with Crippen LogP contribution in [0.15, 0.2) is 35.0 Å². The van der Waals surface area contributed by atoms with E-state index in [-0.39, 0.29) is 12.4 Å². The van der Waals surface area contributed by atoms with Gasteiger partial charge in [0, 0.05) is 24.0 Å². The number of nitrogens with zero attached hydrogens (tertiary/aromatic N) is 2. The Hall–Kier alpha value is -3.20. The number of anilines is 2. The van der Waals surface area contributed by atoms with E-state index >= 15 is 0 Å². The average molecular weight is 417 g/mol. The number of urea groups is 1. The number of amides is 2. The third-order valence-electron chi connectivity index (χ3n) is 3.97. The zero-order valence-electron chi connectivity index (χ0n) is 17.8. The van der Waals surface area contributed by atoms with Crippen molar-refractivity contribution in [3.8, 4) is 0 Å². The number of rotatable bonds is 7. The maximum absolute atomic E-state index is 13.4. The van der Waals surface area contributed by atoms with Crippen LogP contribution in [0.1, 0.15) is 31.6 Å². The minimum Gasteiger partial charge on any atom is -0.459 e. The number of aromatic nitrogens is 2. The Morgan fingerprint density at radius 3 is 2.53 bits per heavy atom. The Kier molecular flexibility index (Phi) is 9.02. The molecule has 2 heterocycles. The molecule has 0 saturated heterocycles. The fraction of sp³-hybridized carbons (Fsp3) is 0.381. The second-order valence-corrected chi connectivity index (χ2v) is 6.63. The van der Waals surface area contributed by atoms with Gasteiger partial charge in [0.25, 0.3) is 0 Å². The van der Waals surface area contributed by atoms with Gasteiger partial charge in [0.05, 0.1) is 24.6 Å². The first-order valence-electron chi connectivity index (χ1n) is 9.91. The van der Waals surface area contributed by atoms with Gasteiger partial charge in [-0.05, 0) is 32.2 Å². The maximum Gasteiger partial charge on any atom is 0.319 e. The van der Waals surface area contributed by atoms with E-state index in [4.69, 9.17) is 4.42 Å². The number of hydrogen-bond donors (Lipinski definition) is 4. The lowest BCUT2D eigenvalue weighted by atomic mass is 10.1. The summed E-state index contributed by atoms with van der Waals surface area (Å²) in [6.45, 7) is 7.75. The normalized spacial score (nSPS) is 10.3. The molecule has 0 bridgehead atoms. The molecule has 0 spiro atoms. The third kappa shape index (κ3) is 6.70. The Morgan fingerprint density at radius 2 is 1.87 bits per heavy atom. The van der Waals surface area contributed by atoms with Gasteiger partial charge in [-0.2, -0.15) is 0 Å². The second kappa shape index (κ2) is 11.7. The molecule has 30 heavy (non-hydrogen) atoms. The van der Waals surface area contributed by atoms with Crippen LogP contribution in [0.3, 0.4) is 0 Å². The quantitative estimate of drug-likeness (QED) is 0.434. The minimum absolute atomic E-state index is 0.179. The Bertz CT molecular complexity index is 943. The number of aryl methyl sites for hydroxylation is 1. The van der Waals surface area contributed by atoms with Gasteiger partial charge in [0.2, 0.25) is 5.95 Å². The fourth-order valence-corrected chi connectivity index (χ4v) is 2.53. The molecule has 0 atom stereocenters. The summed E-state index contributed by atoms with van der Waals surface area (Å²) in [5.41, 5.74) is 1.85. The van der Waals surface area contributed by atoms with Gasteiger partial charge in [-0.25, -0.2) is 19.2 Å². The van der Waals surface area contributed by atoms with Crippen molar-refractivity contribution in [1.82, 2.24) is 20.6 Å². The smallest absolute Gasteiger partial charge is 0.319 e. The lowest BCUT2D eigenvalue weighted by molar-refractivity contribution is 0.251. The van der Waals surface area contributed by atoms with Gasteiger partial charge < -0.3 is 25.7 Å². The largest absolute Gasteiger partial charge is 0.459 e. The summed E-state index contributed by atoms with van der Waals surface area (Å²) in [4.78, 5) is 20.3. The van der Waals surface area contributed by atoms with E-state index in [1.807, 2.05) is 14.0 Å². The van der Waals surface area contributed by atoms with Crippen molar-refractivity contribution in [2.24, 2.45) is 0 Å². The van der Waals surface area contributed by atoms with Crippen LogP contribution >= 0.6 is 0 Å². The molecule has 1 aromatic carbocycles. The van der Waals surface area contributed by atoms with E-state index in [9.17, 15) is 9.18 Å². The molecule has 162 valence electrons. The molecule has 2 aromatic heterocycles. The highest BCUT2D eigenvalue weighted by Crippen LogP contribution is 2.25. The van der Waals surface area contributed by atoms with Crippen molar-refractivity contribution in [2.75, 3.05) is 30.8 Å². The molecule has 3 rings (SSSR count). The molecular weight excluding hydrogens is 387 g/mol. The summed E-state index contributed by atoms with van der Waals surface area (Å²) >= 11 is 0. The highest BCUT2D eigenvalue weighted by Gasteiger charge is 2.12. The van der Waals surface area contributed by atoms with Crippen LogP contribution in [0.25, 0.3) is 11.0 Å². The lowest BCUT2D eigenvalue weighted by Crippen LogP contribution is -2.28. The zero-order valence-corrected chi connectivity index (χ0v) is 17.8. The first-order chi connectivity index (χ1) is 14.5. The van der Waals surface area contributed by atoms with Crippen molar-refractivity contribution in [1.29, 1.82) is 0 Å². The highest BCUT2D eigenvalue weighted by atomic mass is 19.1. The first-order valence-corrected chi connectivity index (χ1v) is 9.91. The van der Waals surface area contributed by atoms with E-state index in [1.165, 1.54) is 30.9 Å². The second-order valence-electron chi connectivity index (χ2n) is 6.63. The summed E-state index contributed by atoms with van der Waals surface area (Å²) in [5, 5.41) is 12.1. The average Bonchev–Trinajstić information content (AvgIpc) is 3.04. The predicted octanol–water partition coefficient (Wildman–Crippen LogP) is 4.04. The van der Waals surface area contributed by atoms with E-state index in [1.54, 1.807) is 6.07 Å². The number of likely N-dealkylation sites (N-methyl/N-ethyl adjacent to an activating group) is 1. The number of halogens is 1. The van der Waals surface area contributed by atoms with Gasteiger partial charge in [0.1, 0.15) is 17.2 Å². The van der Waals surface area contributed by atoms with Crippen molar-refractivity contribution < 1.29 is 13.6 Å². The van der Waals surface area contributed by atoms with E-state index in [0.29, 0.717) is 34.9 Å².